The molecule has 0 aromatic heterocycles. The first-order valence-electron chi connectivity index (χ1n) is 7.07. The number of hydrogen-bond acceptors (Lipinski definition) is 5. The lowest BCUT2D eigenvalue weighted by molar-refractivity contribution is -0.387. The highest BCUT2D eigenvalue weighted by Crippen LogP contribution is 2.35. The van der Waals surface area contributed by atoms with Crippen LogP contribution >= 0.6 is 0 Å². The van der Waals surface area contributed by atoms with Crippen LogP contribution in [0.4, 0.5) is 21.5 Å². The number of ketones is 1. The van der Waals surface area contributed by atoms with Gasteiger partial charge in [0.15, 0.2) is 5.78 Å². The van der Waals surface area contributed by atoms with Gasteiger partial charge in [-0.05, 0) is 32.8 Å². The quantitative estimate of drug-likeness (QED) is 0.513. The van der Waals surface area contributed by atoms with Crippen molar-refractivity contribution >= 4 is 22.8 Å². The predicted molar refractivity (Wildman–Crippen MR) is 82.6 cm³/mol. The van der Waals surface area contributed by atoms with Crippen LogP contribution in [0.2, 0.25) is 0 Å². The Labute approximate surface area is 127 Å². The highest BCUT2D eigenvalue weighted by molar-refractivity contribution is 5.88. The Kier molecular flexibility index (Phi) is 4.75. The van der Waals surface area contributed by atoms with Crippen LogP contribution < -0.4 is 10.2 Å². The number of hydrogen-bond donors (Lipinski definition) is 1. The van der Waals surface area contributed by atoms with E-state index in [-0.39, 0.29) is 5.78 Å². The molecule has 0 atom stereocenters. The number of nitro groups is 1. The number of nitro benzene ring substituents is 1. The molecule has 0 amide bonds. The van der Waals surface area contributed by atoms with Gasteiger partial charge in [-0.1, -0.05) is 0 Å². The normalized spacial score (nSPS) is 15.0. The van der Waals surface area contributed by atoms with Gasteiger partial charge in [-0.15, -0.1) is 0 Å². The molecule has 118 valence electrons. The van der Waals surface area contributed by atoms with Gasteiger partial charge in [0.05, 0.1) is 16.3 Å². The van der Waals surface area contributed by atoms with Crippen LogP contribution in [0.3, 0.4) is 0 Å². The third-order valence-corrected chi connectivity index (χ3v) is 3.46. The van der Waals surface area contributed by atoms with Crippen molar-refractivity contribution in [2.24, 2.45) is 0 Å². The SMILES string of the molecule is CC(=O)C=C(C)Nc1cc(F)c([N+](=O)[O-])cc1N1CCCC1. The molecule has 2 rings (SSSR count). The Morgan fingerprint density at radius 2 is 2.00 bits per heavy atom. The van der Waals surface area contributed by atoms with Crippen molar-refractivity contribution in [2.75, 3.05) is 23.3 Å². The molecule has 22 heavy (non-hydrogen) atoms. The van der Waals surface area contributed by atoms with Gasteiger partial charge in [-0.25, -0.2) is 0 Å². The van der Waals surface area contributed by atoms with Crippen molar-refractivity contribution < 1.29 is 14.1 Å². The summed E-state index contributed by atoms with van der Waals surface area (Å²) in [6.07, 6.45) is 3.38. The molecular weight excluding hydrogens is 289 g/mol. The number of nitrogens with one attached hydrogen (secondary N) is 1. The Balaban J connectivity index is 2.44. The maximum Gasteiger partial charge on any atom is 0.307 e. The van der Waals surface area contributed by atoms with Gasteiger partial charge in [-0.3, -0.25) is 14.9 Å². The third kappa shape index (κ3) is 3.60. The van der Waals surface area contributed by atoms with E-state index in [2.05, 4.69) is 5.32 Å². The average molecular weight is 307 g/mol. The summed E-state index contributed by atoms with van der Waals surface area (Å²) in [5.74, 6) is -1.03. The molecule has 1 saturated heterocycles. The minimum atomic E-state index is -0.897. The number of carbonyl (C=O) groups is 1. The highest BCUT2D eigenvalue weighted by Gasteiger charge is 2.23. The molecule has 0 bridgehead atoms. The van der Waals surface area contributed by atoms with Gasteiger partial charge < -0.3 is 10.2 Å². The zero-order chi connectivity index (χ0) is 16.3. The molecule has 1 fully saturated rings. The summed E-state index contributed by atoms with van der Waals surface area (Å²) in [6, 6.07) is 2.37. The minimum Gasteiger partial charge on any atom is -0.370 e. The zero-order valence-electron chi connectivity index (χ0n) is 12.6. The number of nitrogens with zero attached hydrogens (tertiary/aromatic N) is 2. The zero-order valence-corrected chi connectivity index (χ0v) is 12.6. The Hall–Kier alpha value is -2.44. The number of carbonyl (C=O) groups excluding carboxylic acids is 1. The van der Waals surface area contributed by atoms with Crippen molar-refractivity contribution in [3.05, 3.63) is 39.8 Å². The summed E-state index contributed by atoms with van der Waals surface area (Å²) in [4.78, 5) is 23.3. The lowest BCUT2D eigenvalue weighted by atomic mass is 10.2. The molecule has 1 aliphatic rings. The first-order valence-corrected chi connectivity index (χ1v) is 7.07. The fourth-order valence-corrected chi connectivity index (χ4v) is 2.56. The molecule has 1 aliphatic heterocycles. The largest absolute Gasteiger partial charge is 0.370 e. The lowest BCUT2D eigenvalue weighted by Gasteiger charge is -2.22. The van der Waals surface area contributed by atoms with E-state index in [0.29, 0.717) is 17.1 Å². The molecule has 0 unspecified atom stereocenters. The summed E-state index contributed by atoms with van der Waals surface area (Å²) in [5.41, 5.74) is 1.03. The molecule has 0 aliphatic carbocycles. The van der Waals surface area contributed by atoms with Crippen molar-refractivity contribution in [1.29, 1.82) is 0 Å². The van der Waals surface area contributed by atoms with Crippen molar-refractivity contribution in [3.63, 3.8) is 0 Å². The summed E-state index contributed by atoms with van der Waals surface area (Å²) in [5, 5.41) is 13.9. The summed E-state index contributed by atoms with van der Waals surface area (Å²) in [6.45, 7) is 4.65. The average Bonchev–Trinajstić information content (AvgIpc) is 2.91. The molecular formula is C15H18FN3O3. The van der Waals surface area contributed by atoms with E-state index in [4.69, 9.17) is 0 Å². The fraction of sp³-hybridized carbons (Fsp3) is 0.400. The molecule has 0 spiro atoms. The number of benzene rings is 1. The van der Waals surface area contributed by atoms with E-state index in [1.54, 1.807) is 6.92 Å². The molecule has 7 heteroatoms. The van der Waals surface area contributed by atoms with E-state index < -0.39 is 16.4 Å². The number of allylic oxidation sites excluding steroid dienone is 2. The van der Waals surface area contributed by atoms with Gasteiger partial charge in [0.2, 0.25) is 5.82 Å². The van der Waals surface area contributed by atoms with E-state index >= 15 is 0 Å². The monoisotopic (exact) mass is 307 g/mol. The molecule has 0 radical (unpaired) electrons. The standard InChI is InChI=1S/C15H18FN3O3/c1-10(7-11(2)20)17-13-8-12(16)14(19(21)22)9-15(13)18-5-3-4-6-18/h7-9,17H,3-6H2,1-2H3. The Morgan fingerprint density at radius 1 is 1.36 bits per heavy atom. The first-order chi connectivity index (χ1) is 10.4. The van der Waals surface area contributed by atoms with Gasteiger partial charge in [0, 0.05) is 30.9 Å². The smallest absolute Gasteiger partial charge is 0.307 e. The summed E-state index contributed by atoms with van der Waals surface area (Å²) >= 11 is 0. The Morgan fingerprint density at radius 3 is 2.55 bits per heavy atom. The Bertz CT molecular complexity index is 637. The van der Waals surface area contributed by atoms with E-state index in [1.165, 1.54) is 19.1 Å². The molecule has 1 heterocycles. The summed E-state index contributed by atoms with van der Waals surface area (Å²) in [7, 11) is 0. The van der Waals surface area contributed by atoms with Crippen LogP contribution in [0.15, 0.2) is 23.9 Å². The van der Waals surface area contributed by atoms with Gasteiger partial charge >= 0.3 is 5.69 Å². The van der Waals surface area contributed by atoms with Crippen LogP contribution in [-0.2, 0) is 4.79 Å². The second-order valence-corrected chi connectivity index (χ2v) is 5.34. The third-order valence-electron chi connectivity index (χ3n) is 3.46. The molecule has 1 N–H and O–H groups in total. The maximum atomic E-state index is 13.9. The molecule has 6 nitrogen and oxygen atoms in total. The van der Waals surface area contributed by atoms with Crippen LogP contribution in [-0.4, -0.2) is 23.8 Å². The lowest BCUT2D eigenvalue weighted by Crippen LogP contribution is -2.19. The first kappa shape index (κ1) is 15.9. The topological polar surface area (TPSA) is 75.5 Å². The molecule has 0 saturated carbocycles. The van der Waals surface area contributed by atoms with Crippen molar-refractivity contribution in [3.8, 4) is 0 Å². The number of halogens is 1. The van der Waals surface area contributed by atoms with Crippen molar-refractivity contribution in [1.82, 2.24) is 0 Å². The van der Waals surface area contributed by atoms with Crippen LogP contribution in [0, 0.1) is 15.9 Å². The second-order valence-electron chi connectivity index (χ2n) is 5.34. The minimum absolute atomic E-state index is 0.130. The number of rotatable bonds is 5. The predicted octanol–water partition coefficient (Wildman–Crippen LogP) is 3.24. The molecule has 1 aromatic carbocycles. The second kappa shape index (κ2) is 6.55. The van der Waals surface area contributed by atoms with Crippen LogP contribution in [0.1, 0.15) is 26.7 Å². The van der Waals surface area contributed by atoms with Gasteiger partial charge in [0.25, 0.3) is 0 Å². The number of anilines is 2. The fourth-order valence-electron chi connectivity index (χ4n) is 2.56. The maximum absolute atomic E-state index is 13.9. The van der Waals surface area contributed by atoms with E-state index in [0.717, 1.165) is 32.0 Å². The van der Waals surface area contributed by atoms with Gasteiger partial charge in [-0.2, -0.15) is 4.39 Å². The van der Waals surface area contributed by atoms with E-state index in [1.807, 2.05) is 4.90 Å². The van der Waals surface area contributed by atoms with Crippen LogP contribution in [0.25, 0.3) is 0 Å². The van der Waals surface area contributed by atoms with Crippen LogP contribution in [0.5, 0.6) is 0 Å². The van der Waals surface area contributed by atoms with E-state index in [9.17, 15) is 19.3 Å². The summed E-state index contributed by atoms with van der Waals surface area (Å²) < 4.78 is 13.9. The molecule has 1 aromatic rings. The highest BCUT2D eigenvalue weighted by atomic mass is 19.1. The van der Waals surface area contributed by atoms with Crippen molar-refractivity contribution in [2.45, 2.75) is 26.7 Å². The van der Waals surface area contributed by atoms with Gasteiger partial charge in [0.1, 0.15) is 0 Å².